The average molecular weight is 191 g/mol. The van der Waals surface area contributed by atoms with E-state index in [1.807, 2.05) is 0 Å². The molecular weight excluding hydrogens is 178 g/mol. The number of hydrogen-bond donors (Lipinski definition) is 2. The molecule has 4 nitrogen and oxygen atoms in total. The number of carboxylic acids is 1. The molecule has 0 aromatic heterocycles. The molecular formula is C7H13NO3S. The number of nitrogens with two attached hydrogens (primary N) is 1. The summed E-state index contributed by atoms with van der Waals surface area (Å²) in [5.74, 6) is -0.231. The molecule has 0 aliphatic rings. The second kappa shape index (κ2) is 7.12. The molecule has 0 aromatic carbocycles. The minimum atomic E-state index is -0.927. The molecule has 3 N–H and O–H groups in total. The first-order valence-corrected chi connectivity index (χ1v) is 4.75. The number of carboxylic acid groups (broad SMARTS) is 1. The third-order valence-electron chi connectivity index (χ3n) is 1.25. The third-order valence-corrected chi connectivity index (χ3v) is 2.57. The van der Waals surface area contributed by atoms with Crippen LogP contribution in [0.1, 0.15) is 12.8 Å². The fourth-order valence-electron chi connectivity index (χ4n) is 0.636. The van der Waals surface area contributed by atoms with E-state index >= 15 is 0 Å². The van der Waals surface area contributed by atoms with E-state index in [-0.39, 0.29) is 6.42 Å². The van der Waals surface area contributed by atoms with Gasteiger partial charge in [-0.05, 0) is 18.7 Å². The Morgan fingerprint density at radius 3 is 2.75 bits per heavy atom. The Kier molecular flexibility index (Phi) is 6.79. The first-order chi connectivity index (χ1) is 5.72. The van der Waals surface area contributed by atoms with Gasteiger partial charge in [-0.15, -0.1) is 11.8 Å². The van der Waals surface area contributed by atoms with E-state index in [1.165, 1.54) is 11.8 Å². The van der Waals surface area contributed by atoms with Gasteiger partial charge in [0.1, 0.15) is 11.5 Å². The molecule has 0 fully saturated rings. The van der Waals surface area contributed by atoms with Crippen LogP contribution in [0.4, 0.5) is 0 Å². The molecule has 0 radical (unpaired) electrons. The number of carbonyl (C=O) groups is 2. The highest BCUT2D eigenvalue weighted by atomic mass is 32.2. The van der Waals surface area contributed by atoms with E-state index in [0.29, 0.717) is 18.6 Å². The Morgan fingerprint density at radius 2 is 2.33 bits per heavy atom. The summed E-state index contributed by atoms with van der Waals surface area (Å²) in [7, 11) is 0. The van der Waals surface area contributed by atoms with Gasteiger partial charge < -0.3 is 15.6 Å². The average Bonchev–Trinajstić information content (AvgIpc) is 2.03. The van der Waals surface area contributed by atoms with Gasteiger partial charge in [0.15, 0.2) is 0 Å². The normalized spacial score (nSPS) is 12.4. The van der Waals surface area contributed by atoms with Crippen LogP contribution in [0.3, 0.4) is 0 Å². The maximum absolute atomic E-state index is 10.5. The molecule has 1 unspecified atom stereocenters. The third kappa shape index (κ3) is 5.15. The number of thioether (sulfide) groups is 1. The predicted molar refractivity (Wildman–Crippen MR) is 48.2 cm³/mol. The minimum Gasteiger partial charge on any atom is -0.480 e. The van der Waals surface area contributed by atoms with Crippen LogP contribution >= 0.6 is 11.8 Å². The largest absolute Gasteiger partial charge is 0.480 e. The summed E-state index contributed by atoms with van der Waals surface area (Å²) in [4.78, 5) is 20.5. The summed E-state index contributed by atoms with van der Waals surface area (Å²) in [6.07, 6.45) is 1.49. The molecule has 0 aromatic rings. The van der Waals surface area contributed by atoms with Crippen molar-refractivity contribution < 1.29 is 14.7 Å². The lowest BCUT2D eigenvalue weighted by molar-refractivity contribution is -0.137. The lowest BCUT2D eigenvalue weighted by Gasteiger charge is -2.06. The fourth-order valence-corrected chi connectivity index (χ4v) is 1.61. The van der Waals surface area contributed by atoms with Crippen LogP contribution in [-0.2, 0) is 9.59 Å². The van der Waals surface area contributed by atoms with Gasteiger partial charge >= 0.3 is 5.97 Å². The SMILES string of the molecule is NCCCSC(CC=O)C(=O)O. The minimum absolute atomic E-state index is 0.0740. The molecule has 12 heavy (non-hydrogen) atoms. The zero-order valence-corrected chi connectivity index (χ0v) is 7.55. The topological polar surface area (TPSA) is 80.4 Å². The monoisotopic (exact) mass is 191 g/mol. The fraction of sp³-hybridized carbons (Fsp3) is 0.714. The highest BCUT2D eigenvalue weighted by Crippen LogP contribution is 2.14. The second-order valence-electron chi connectivity index (χ2n) is 2.24. The van der Waals surface area contributed by atoms with E-state index in [1.54, 1.807) is 0 Å². The maximum atomic E-state index is 10.5. The van der Waals surface area contributed by atoms with Gasteiger partial charge in [0, 0.05) is 6.42 Å². The second-order valence-corrected chi connectivity index (χ2v) is 3.55. The van der Waals surface area contributed by atoms with E-state index in [9.17, 15) is 9.59 Å². The van der Waals surface area contributed by atoms with Crippen molar-refractivity contribution in [2.75, 3.05) is 12.3 Å². The summed E-state index contributed by atoms with van der Waals surface area (Å²) >= 11 is 1.27. The molecule has 70 valence electrons. The lowest BCUT2D eigenvalue weighted by atomic mass is 10.3. The van der Waals surface area contributed by atoms with Crippen molar-refractivity contribution in [2.24, 2.45) is 5.73 Å². The van der Waals surface area contributed by atoms with Crippen LogP contribution in [0.5, 0.6) is 0 Å². The number of hydrogen-bond acceptors (Lipinski definition) is 4. The highest BCUT2D eigenvalue weighted by molar-refractivity contribution is 8.00. The molecule has 0 amide bonds. The Balaban J connectivity index is 3.63. The highest BCUT2D eigenvalue weighted by Gasteiger charge is 2.16. The summed E-state index contributed by atoms with van der Waals surface area (Å²) < 4.78 is 0. The van der Waals surface area contributed by atoms with Gasteiger partial charge in [0.2, 0.25) is 0 Å². The molecule has 0 aliphatic heterocycles. The van der Waals surface area contributed by atoms with Gasteiger partial charge in [-0.3, -0.25) is 4.79 Å². The Labute approximate surface area is 75.5 Å². The molecule has 5 heteroatoms. The predicted octanol–water partition coefficient (Wildman–Crippen LogP) is 0.111. The molecule has 0 heterocycles. The van der Waals surface area contributed by atoms with E-state index in [2.05, 4.69) is 0 Å². The van der Waals surface area contributed by atoms with Crippen molar-refractivity contribution in [2.45, 2.75) is 18.1 Å². The van der Waals surface area contributed by atoms with Crippen LogP contribution in [0.25, 0.3) is 0 Å². The zero-order valence-electron chi connectivity index (χ0n) is 6.73. The number of aliphatic carboxylic acids is 1. The van der Waals surface area contributed by atoms with Crippen LogP contribution in [-0.4, -0.2) is 34.9 Å². The van der Waals surface area contributed by atoms with Crippen molar-refractivity contribution in [1.82, 2.24) is 0 Å². The summed E-state index contributed by atoms with van der Waals surface area (Å²) in [6, 6.07) is 0. The Hall–Kier alpha value is -0.550. The van der Waals surface area contributed by atoms with Crippen LogP contribution < -0.4 is 5.73 Å². The van der Waals surface area contributed by atoms with Gasteiger partial charge in [-0.2, -0.15) is 0 Å². The molecule has 0 saturated heterocycles. The Morgan fingerprint density at radius 1 is 1.67 bits per heavy atom. The molecule has 0 bridgehead atoms. The summed E-state index contributed by atoms with van der Waals surface area (Å²) in [5.41, 5.74) is 5.23. The van der Waals surface area contributed by atoms with Gasteiger partial charge in [-0.25, -0.2) is 0 Å². The van der Waals surface area contributed by atoms with Crippen LogP contribution in [0.15, 0.2) is 0 Å². The number of carbonyl (C=O) groups excluding carboxylic acids is 1. The van der Waals surface area contributed by atoms with Crippen molar-refractivity contribution in [3.05, 3.63) is 0 Å². The number of aldehydes is 1. The van der Waals surface area contributed by atoms with Gasteiger partial charge in [-0.1, -0.05) is 0 Å². The molecule has 0 rings (SSSR count). The summed E-state index contributed by atoms with van der Waals surface area (Å²) in [6.45, 7) is 0.556. The van der Waals surface area contributed by atoms with Crippen LogP contribution in [0.2, 0.25) is 0 Å². The number of rotatable bonds is 7. The molecule has 0 aliphatic carbocycles. The van der Waals surface area contributed by atoms with Gasteiger partial charge in [0.05, 0.1) is 0 Å². The van der Waals surface area contributed by atoms with Crippen molar-refractivity contribution in [3.8, 4) is 0 Å². The van der Waals surface area contributed by atoms with E-state index < -0.39 is 11.2 Å². The molecule has 1 atom stereocenters. The van der Waals surface area contributed by atoms with Crippen molar-refractivity contribution >= 4 is 24.0 Å². The lowest BCUT2D eigenvalue weighted by Crippen LogP contribution is -2.17. The van der Waals surface area contributed by atoms with E-state index in [4.69, 9.17) is 10.8 Å². The van der Waals surface area contributed by atoms with E-state index in [0.717, 1.165) is 6.42 Å². The quantitative estimate of drug-likeness (QED) is 0.441. The van der Waals surface area contributed by atoms with Crippen molar-refractivity contribution in [3.63, 3.8) is 0 Å². The maximum Gasteiger partial charge on any atom is 0.317 e. The summed E-state index contributed by atoms with van der Waals surface area (Å²) in [5, 5.41) is 7.99. The van der Waals surface area contributed by atoms with Gasteiger partial charge in [0.25, 0.3) is 0 Å². The smallest absolute Gasteiger partial charge is 0.317 e. The molecule has 0 saturated carbocycles. The standard InChI is InChI=1S/C7H13NO3S/c8-3-1-5-12-6(2-4-9)7(10)11/h4,6H,1-3,5,8H2,(H,10,11). The molecule has 0 spiro atoms. The first kappa shape index (κ1) is 11.4. The first-order valence-electron chi connectivity index (χ1n) is 3.70. The van der Waals surface area contributed by atoms with Crippen molar-refractivity contribution in [1.29, 1.82) is 0 Å². The van der Waals surface area contributed by atoms with Crippen LogP contribution in [0, 0.1) is 0 Å². The Bertz CT molecular complexity index is 152. The zero-order chi connectivity index (χ0) is 9.40.